The van der Waals surface area contributed by atoms with Crippen LogP contribution >= 0.6 is 0 Å². The minimum atomic E-state index is -1.29. The Bertz CT molecular complexity index is 618. The van der Waals surface area contributed by atoms with E-state index in [1.165, 1.54) is 6.92 Å². The number of esters is 3. The molecule has 0 radical (unpaired) electrons. The average Bonchev–Trinajstić information content (AvgIpc) is 2.50. The molecule has 1 rings (SSSR count). The van der Waals surface area contributed by atoms with Gasteiger partial charge in [-0.05, 0) is 5.53 Å². The maximum Gasteiger partial charge on any atom is 0.303 e. The second-order valence-corrected chi connectivity index (χ2v) is 5.45. The van der Waals surface area contributed by atoms with Gasteiger partial charge in [-0.25, -0.2) is 0 Å². The fourth-order valence-electron chi connectivity index (χ4n) is 2.46. The highest BCUT2D eigenvalue weighted by atomic mass is 16.6. The van der Waals surface area contributed by atoms with E-state index in [1.54, 1.807) is 0 Å². The highest BCUT2D eigenvalue weighted by Gasteiger charge is 2.50. The maximum atomic E-state index is 11.5. The summed E-state index contributed by atoms with van der Waals surface area (Å²) in [5, 5.41) is 5.89. The van der Waals surface area contributed by atoms with Gasteiger partial charge in [0.2, 0.25) is 5.91 Å². The number of hydrogen-bond acceptors (Lipinski definition) is 9. The van der Waals surface area contributed by atoms with Gasteiger partial charge in [0.1, 0.15) is 18.8 Å². The highest BCUT2D eigenvalue weighted by molar-refractivity contribution is 5.73. The second-order valence-electron chi connectivity index (χ2n) is 5.45. The van der Waals surface area contributed by atoms with Crippen LogP contribution in [0.4, 0.5) is 0 Å². The van der Waals surface area contributed by atoms with Crippen LogP contribution in [-0.2, 0) is 38.1 Å². The lowest BCUT2D eigenvalue weighted by Crippen LogP contribution is -2.65. The third-order valence-corrected chi connectivity index (χ3v) is 3.26. The van der Waals surface area contributed by atoms with E-state index in [0.717, 1.165) is 20.8 Å². The minimum absolute atomic E-state index is 0.352. The lowest BCUT2D eigenvalue weighted by atomic mass is 9.95. The second kappa shape index (κ2) is 9.59. The molecule has 0 aromatic heterocycles. The van der Waals surface area contributed by atoms with E-state index < -0.39 is 54.4 Å². The first-order valence-corrected chi connectivity index (χ1v) is 7.60. The molecule has 26 heavy (non-hydrogen) atoms. The van der Waals surface area contributed by atoms with Gasteiger partial charge >= 0.3 is 17.9 Å². The summed E-state index contributed by atoms with van der Waals surface area (Å²) in [5.41, 5.74) is 8.74. The van der Waals surface area contributed by atoms with Crippen LogP contribution in [0.1, 0.15) is 27.7 Å². The number of ether oxygens (including phenoxy) is 4. The van der Waals surface area contributed by atoms with E-state index in [2.05, 4.69) is 15.3 Å². The molecule has 144 valence electrons. The summed E-state index contributed by atoms with van der Waals surface area (Å²) in [4.78, 5) is 48.2. The van der Waals surface area contributed by atoms with Crippen molar-refractivity contribution >= 4 is 23.8 Å². The Morgan fingerprint density at radius 3 is 2.08 bits per heavy atom. The Morgan fingerprint density at radius 2 is 1.62 bits per heavy atom. The number of azide groups is 1. The van der Waals surface area contributed by atoms with Crippen molar-refractivity contribution in [2.75, 3.05) is 6.61 Å². The standard InChI is InChI=1S/C14H20N4O8/c1-6(19)16-11-13(25-9(4)22)12(24-8(3)21)10(5-23-7(2)20)26-14(11)17-18-15/h10-14H,5H2,1-4H3,(H,16,19)/t10-,11-,12-,13-,14-/m1/s1. The van der Waals surface area contributed by atoms with Gasteiger partial charge in [-0.3, -0.25) is 19.2 Å². The van der Waals surface area contributed by atoms with E-state index in [0.29, 0.717) is 0 Å². The first-order valence-electron chi connectivity index (χ1n) is 7.60. The molecule has 0 saturated carbocycles. The normalized spacial score (nSPS) is 27.5. The van der Waals surface area contributed by atoms with Crippen molar-refractivity contribution in [3.63, 3.8) is 0 Å². The third kappa shape index (κ3) is 6.22. The van der Waals surface area contributed by atoms with E-state index in [-0.39, 0.29) is 6.61 Å². The van der Waals surface area contributed by atoms with Crippen LogP contribution in [0.15, 0.2) is 5.11 Å². The topological polar surface area (TPSA) is 166 Å². The van der Waals surface area contributed by atoms with E-state index in [4.69, 9.17) is 24.5 Å². The van der Waals surface area contributed by atoms with Crippen molar-refractivity contribution in [1.29, 1.82) is 0 Å². The zero-order valence-electron chi connectivity index (χ0n) is 14.7. The molecule has 5 atom stereocenters. The molecule has 12 heteroatoms. The van der Waals surface area contributed by atoms with Gasteiger partial charge in [0.25, 0.3) is 0 Å². The molecule has 1 aliphatic heterocycles. The number of nitrogens with zero attached hydrogens (tertiary/aromatic N) is 3. The van der Waals surface area contributed by atoms with Gasteiger partial charge in [0.15, 0.2) is 18.4 Å². The number of amides is 1. The summed E-state index contributed by atoms with van der Waals surface area (Å²) in [5.74, 6) is -2.58. The van der Waals surface area contributed by atoms with Crippen LogP contribution in [-0.4, -0.2) is 61.0 Å². The van der Waals surface area contributed by atoms with E-state index in [9.17, 15) is 19.2 Å². The van der Waals surface area contributed by atoms with E-state index >= 15 is 0 Å². The number of nitrogens with one attached hydrogen (secondary N) is 1. The summed E-state index contributed by atoms with van der Waals surface area (Å²) in [6.45, 7) is 4.26. The van der Waals surface area contributed by atoms with E-state index in [1.807, 2.05) is 0 Å². The van der Waals surface area contributed by atoms with Gasteiger partial charge in [-0.2, -0.15) is 0 Å². The van der Waals surface area contributed by atoms with Crippen molar-refractivity contribution in [1.82, 2.24) is 5.32 Å². The van der Waals surface area contributed by atoms with Crippen molar-refractivity contribution in [2.45, 2.75) is 58.3 Å². The van der Waals surface area contributed by atoms with Gasteiger partial charge in [0.05, 0.1) is 0 Å². The lowest BCUT2D eigenvalue weighted by molar-refractivity contribution is -0.222. The summed E-state index contributed by atoms with van der Waals surface area (Å²) < 4.78 is 20.8. The summed E-state index contributed by atoms with van der Waals surface area (Å²) in [6, 6.07) is -1.12. The quantitative estimate of drug-likeness (QED) is 0.223. The molecule has 1 saturated heterocycles. The molecule has 0 spiro atoms. The van der Waals surface area contributed by atoms with Crippen LogP contribution in [0.5, 0.6) is 0 Å². The van der Waals surface area contributed by atoms with Crippen LogP contribution in [0.2, 0.25) is 0 Å². The molecule has 1 aliphatic rings. The summed E-state index contributed by atoms with van der Waals surface area (Å²) in [6.07, 6.45) is -4.82. The van der Waals surface area contributed by atoms with Gasteiger partial charge in [0, 0.05) is 32.6 Å². The summed E-state index contributed by atoms with van der Waals surface area (Å²) >= 11 is 0. The third-order valence-electron chi connectivity index (χ3n) is 3.26. The first kappa shape index (κ1) is 21.2. The molecule has 1 heterocycles. The van der Waals surface area contributed by atoms with Crippen LogP contribution in [0, 0.1) is 0 Å². The Hall–Kier alpha value is -2.85. The Balaban J connectivity index is 3.28. The van der Waals surface area contributed by atoms with Gasteiger partial charge in [-0.1, -0.05) is 5.11 Å². The van der Waals surface area contributed by atoms with Crippen LogP contribution < -0.4 is 5.32 Å². The highest BCUT2D eigenvalue weighted by Crippen LogP contribution is 2.28. The largest absolute Gasteiger partial charge is 0.463 e. The lowest BCUT2D eigenvalue weighted by Gasteiger charge is -2.43. The molecular weight excluding hydrogens is 352 g/mol. The number of carbonyl (C=O) groups is 4. The monoisotopic (exact) mass is 372 g/mol. The SMILES string of the molecule is CC(=O)N[C@@H]1[C@@H](OC(C)=O)[C@H](OC(C)=O)[C@@H](COC(C)=O)O[C@H]1N=[N+]=[N-]. The molecule has 0 aliphatic carbocycles. The molecular formula is C14H20N4O8. The summed E-state index contributed by atoms with van der Waals surface area (Å²) in [7, 11) is 0. The molecule has 1 amide bonds. The van der Waals surface area contributed by atoms with Crippen molar-refractivity contribution in [3.05, 3.63) is 10.4 Å². The maximum absolute atomic E-state index is 11.5. The van der Waals surface area contributed by atoms with Crippen molar-refractivity contribution < 1.29 is 38.1 Å². The Labute approximate surface area is 148 Å². The Morgan fingerprint density at radius 1 is 1.04 bits per heavy atom. The van der Waals surface area contributed by atoms with Gasteiger partial charge in [-0.15, -0.1) is 0 Å². The first-order chi connectivity index (χ1) is 12.1. The molecule has 0 aromatic carbocycles. The molecule has 0 unspecified atom stereocenters. The minimum Gasteiger partial charge on any atom is -0.463 e. The fraction of sp³-hybridized carbons (Fsp3) is 0.714. The molecule has 12 nitrogen and oxygen atoms in total. The average molecular weight is 372 g/mol. The number of carbonyl (C=O) groups excluding carboxylic acids is 4. The molecule has 0 bridgehead atoms. The molecule has 0 aromatic rings. The predicted octanol–water partition coefficient (Wildman–Crippen LogP) is -0.0472. The zero-order valence-corrected chi connectivity index (χ0v) is 14.7. The predicted molar refractivity (Wildman–Crippen MR) is 83.2 cm³/mol. The molecule has 1 fully saturated rings. The zero-order chi connectivity index (χ0) is 19.9. The van der Waals surface area contributed by atoms with Crippen LogP contribution in [0.25, 0.3) is 10.4 Å². The number of rotatable bonds is 6. The fourth-order valence-corrected chi connectivity index (χ4v) is 2.46. The number of hydrogen-bond donors (Lipinski definition) is 1. The Kier molecular flexibility index (Phi) is 7.81. The smallest absolute Gasteiger partial charge is 0.303 e. The molecule has 1 N–H and O–H groups in total. The van der Waals surface area contributed by atoms with Crippen LogP contribution in [0.3, 0.4) is 0 Å². The van der Waals surface area contributed by atoms with Gasteiger partial charge < -0.3 is 24.3 Å². The van der Waals surface area contributed by atoms with Crippen molar-refractivity contribution in [2.24, 2.45) is 5.11 Å². The van der Waals surface area contributed by atoms with Crippen molar-refractivity contribution in [3.8, 4) is 0 Å².